The summed E-state index contributed by atoms with van der Waals surface area (Å²) < 4.78 is 13.7. The number of pyridine rings is 1. The summed E-state index contributed by atoms with van der Waals surface area (Å²) in [6.45, 7) is 5.92. The van der Waals surface area contributed by atoms with Gasteiger partial charge >= 0.3 is 0 Å². The molecule has 1 aromatic heterocycles. The molecule has 1 aliphatic rings. The molecule has 0 bridgehead atoms. The Bertz CT molecular complexity index is 594. The molecule has 1 fully saturated rings. The lowest BCUT2D eigenvalue weighted by Crippen LogP contribution is -2.49. The van der Waals surface area contributed by atoms with Crippen LogP contribution >= 0.6 is 24.8 Å². The zero-order valence-electron chi connectivity index (χ0n) is 11.9. The van der Waals surface area contributed by atoms with E-state index in [0.717, 1.165) is 42.6 Å². The zero-order valence-corrected chi connectivity index (χ0v) is 13.5. The summed E-state index contributed by atoms with van der Waals surface area (Å²) in [4.78, 5) is 6.78. The fourth-order valence-corrected chi connectivity index (χ4v) is 2.68. The van der Waals surface area contributed by atoms with E-state index in [1.807, 2.05) is 12.1 Å². The molecule has 1 atom stereocenters. The van der Waals surface area contributed by atoms with Crippen LogP contribution in [0.3, 0.4) is 0 Å². The van der Waals surface area contributed by atoms with Gasteiger partial charge < -0.3 is 5.32 Å². The maximum Gasteiger partial charge on any atom is 0.124 e. The number of benzene rings is 1. The first kappa shape index (κ1) is 18.1. The van der Waals surface area contributed by atoms with E-state index in [9.17, 15) is 4.39 Å². The average Bonchev–Trinajstić information content (AvgIpc) is 2.41. The molecule has 0 spiro atoms. The maximum atomic E-state index is 13.7. The first-order valence-corrected chi connectivity index (χ1v) is 6.72. The largest absolute Gasteiger partial charge is 0.314 e. The van der Waals surface area contributed by atoms with Crippen LogP contribution in [-0.4, -0.2) is 35.6 Å². The molecule has 2 heterocycles. The molecule has 1 N–H and O–H groups in total. The summed E-state index contributed by atoms with van der Waals surface area (Å²) >= 11 is 0. The Morgan fingerprint density at radius 3 is 2.95 bits per heavy atom. The number of fused-ring (bicyclic) bond motifs is 1. The van der Waals surface area contributed by atoms with E-state index >= 15 is 0 Å². The van der Waals surface area contributed by atoms with Gasteiger partial charge in [-0.1, -0.05) is 6.07 Å². The topological polar surface area (TPSA) is 28.2 Å². The molecule has 3 rings (SSSR count). The highest BCUT2D eigenvalue weighted by Crippen LogP contribution is 2.21. The number of nitrogens with zero attached hydrogens (tertiary/aromatic N) is 2. The molecule has 1 aromatic carbocycles. The molecule has 1 unspecified atom stereocenters. The summed E-state index contributed by atoms with van der Waals surface area (Å²) in [6, 6.07) is 7.39. The van der Waals surface area contributed by atoms with Gasteiger partial charge in [0, 0.05) is 43.8 Å². The molecule has 0 amide bonds. The van der Waals surface area contributed by atoms with Crippen LogP contribution in [0.15, 0.2) is 30.5 Å². The van der Waals surface area contributed by atoms with Gasteiger partial charge in [-0.25, -0.2) is 4.39 Å². The Kier molecular flexibility index (Phi) is 6.81. The Hall–Kier alpha value is -0.940. The number of nitrogens with one attached hydrogen (secondary N) is 1. The van der Waals surface area contributed by atoms with Gasteiger partial charge in [0.15, 0.2) is 0 Å². The van der Waals surface area contributed by atoms with Crippen molar-refractivity contribution in [3.63, 3.8) is 0 Å². The second kappa shape index (κ2) is 7.90. The lowest BCUT2D eigenvalue weighted by Gasteiger charge is -2.34. The van der Waals surface area contributed by atoms with Crippen LogP contribution in [0.5, 0.6) is 0 Å². The van der Waals surface area contributed by atoms with Crippen molar-refractivity contribution in [2.75, 3.05) is 19.6 Å². The molecule has 0 saturated carbocycles. The van der Waals surface area contributed by atoms with Gasteiger partial charge in [-0.15, -0.1) is 24.8 Å². The third-order valence-corrected chi connectivity index (χ3v) is 3.76. The van der Waals surface area contributed by atoms with E-state index in [4.69, 9.17) is 0 Å². The number of piperazine rings is 1. The monoisotopic (exact) mass is 331 g/mol. The fourth-order valence-electron chi connectivity index (χ4n) is 2.68. The van der Waals surface area contributed by atoms with Crippen molar-refractivity contribution in [2.45, 2.75) is 19.5 Å². The van der Waals surface area contributed by atoms with Crippen molar-refractivity contribution in [1.29, 1.82) is 0 Å². The predicted octanol–water partition coefficient (Wildman–Crippen LogP) is 3.01. The standard InChI is InChI=1S/C15H18FN3.2ClH/c1-11-9-17-5-6-19(11)10-13-8-14(16)7-12-3-2-4-18-15(12)13;;/h2-4,7-8,11,17H,5-6,9-10H2,1H3;2*1H. The van der Waals surface area contributed by atoms with Gasteiger partial charge in [0.25, 0.3) is 0 Å². The number of hydrogen-bond acceptors (Lipinski definition) is 3. The van der Waals surface area contributed by atoms with Crippen LogP contribution in [0.2, 0.25) is 0 Å². The first-order valence-electron chi connectivity index (χ1n) is 6.72. The van der Waals surface area contributed by atoms with Crippen molar-refractivity contribution in [2.24, 2.45) is 0 Å². The Labute approximate surface area is 136 Å². The van der Waals surface area contributed by atoms with Crippen LogP contribution < -0.4 is 5.32 Å². The highest BCUT2D eigenvalue weighted by molar-refractivity contribution is 5.85. The molecule has 116 valence electrons. The van der Waals surface area contributed by atoms with Crippen LogP contribution in [0.25, 0.3) is 10.9 Å². The predicted molar refractivity (Wildman–Crippen MR) is 88.9 cm³/mol. The SMILES string of the molecule is CC1CNCCN1Cc1cc(F)cc2cccnc12.Cl.Cl. The minimum Gasteiger partial charge on any atom is -0.314 e. The second-order valence-corrected chi connectivity index (χ2v) is 5.16. The van der Waals surface area contributed by atoms with Crippen molar-refractivity contribution >= 4 is 35.7 Å². The number of hydrogen-bond donors (Lipinski definition) is 1. The maximum absolute atomic E-state index is 13.7. The van der Waals surface area contributed by atoms with Crippen molar-refractivity contribution < 1.29 is 4.39 Å². The number of halogens is 3. The third-order valence-electron chi connectivity index (χ3n) is 3.76. The molecule has 21 heavy (non-hydrogen) atoms. The highest BCUT2D eigenvalue weighted by Gasteiger charge is 2.19. The van der Waals surface area contributed by atoms with Gasteiger partial charge in [-0.3, -0.25) is 9.88 Å². The molecule has 2 aromatic rings. The van der Waals surface area contributed by atoms with Gasteiger partial charge in [0.2, 0.25) is 0 Å². The fraction of sp³-hybridized carbons (Fsp3) is 0.400. The first-order chi connectivity index (χ1) is 9.24. The quantitative estimate of drug-likeness (QED) is 0.916. The van der Waals surface area contributed by atoms with Crippen LogP contribution in [0, 0.1) is 5.82 Å². The molecule has 3 nitrogen and oxygen atoms in total. The summed E-state index contributed by atoms with van der Waals surface area (Å²) in [5, 5.41) is 4.24. The van der Waals surface area contributed by atoms with E-state index in [-0.39, 0.29) is 30.6 Å². The van der Waals surface area contributed by atoms with Gasteiger partial charge in [-0.2, -0.15) is 0 Å². The minimum absolute atomic E-state index is 0. The normalized spacial score (nSPS) is 18.9. The third kappa shape index (κ3) is 4.04. The molecule has 1 saturated heterocycles. The lowest BCUT2D eigenvalue weighted by atomic mass is 10.1. The molecule has 0 aliphatic carbocycles. The molecular formula is C15H20Cl2FN3. The van der Waals surface area contributed by atoms with Gasteiger partial charge in [-0.05, 0) is 30.7 Å². The smallest absolute Gasteiger partial charge is 0.124 e. The minimum atomic E-state index is -0.182. The Balaban J connectivity index is 0.00000110. The summed E-state index contributed by atoms with van der Waals surface area (Å²) in [5.41, 5.74) is 1.89. The van der Waals surface area contributed by atoms with Crippen LogP contribution in [-0.2, 0) is 6.54 Å². The average molecular weight is 332 g/mol. The van der Waals surface area contributed by atoms with E-state index in [1.54, 1.807) is 18.3 Å². The molecule has 6 heteroatoms. The molecule has 1 aliphatic heterocycles. The van der Waals surface area contributed by atoms with Crippen molar-refractivity contribution in [3.05, 3.63) is 41.8 Å². The highest BCUT2D eigenvalue weighted by atomic mass is 35.5. The van der Waals surface area contributed by atoms with Gasteiger partial charge in [0.05, 0.1) is 5.52 Å². The van der Waals surface area contributed by atoms with Crippen molar-refractivity contribution in [1.82, 2.24) is 15.2 Å². The second-order valence-electron chi connectivity index (χ2n) is 5.16. The lowest BCUT2D eigenvalue weighted by molar-refractivity contribution is 0.166. The summed E-state index contributed by atoms with van der Waals surface area (Å²) in [6.07, 6.45) is 1.77. The number of rotatable bonds is 2. The molecule has 0 radical (unpaired) electrons. The Morgan fingerprint density at radius 1 is 1.38 bits per heavy atom. The van der Waals surface area contributed by atoms with Crippen LogP contribution in [0.4, 0.5) is 4.39 Å². The summed E-state index contributed by atoms with van der Waals surface area (Å²) in [7, 11) is 0. The van der Waals surface area contributed by atoms with E-state index in [1.165, 1.54) is 0 Å². The molecular weight excluding hydrogens is 312 g/mol. The Morgan fingerprint density at radius 2 is 2.19 bits per heavy atom. The summed E-state index contributed by atoms with van der Waals surface area (Å²) in [5.74, 6) is -0.182. The number of aromatic nitrogens is 1. The van der Waals surface area contributed by atoms with Crippen molar-refractivity contribution in [3.8, 4) is 0 Å². The van der Waals surface area contributed by atoms with E-state index in [2.05, 4.69) is 22.1 Å². The zero-order chi connectivity index (χ0) is 13.2. The van der Waals surface area contributed by atoms with E-state index in [0.29, 0.717) is 6.04 Å². The van der Waals surface area contributed by atoms with E-state index < -0.39 is 0 Å². The van der Waals surface area contributed by atoms with Crippen LogP contribution in [0.1, 0.15) is 12.5 Å². The van der Waals surface area contributed by atoms with Gasteiger partial charge in [0.1, 0.15) is 5.82 Å².